The van der Waals surface area contributed by atoms with E-state index in [-0.39, 0.29) is 30.8 Å². The summed E-state index contributed by atoms with van der Waals surface area (Å²) in [6.45, 7) is 1.34. The van der Waals surface area contributed by atoms with Crippen LogP contribution in [0.3, 0.4) is 0 Å². The summed E-state index contributed by atoms with van der Waals surface area (Å²) in [6, 6.07) is 15.9. The molecule has 2 aromatic carbocycles. The van der Waals surface area contributed by atoms with Crippen molar-refractivity contribution in [1.82, 2.24) is 15.5 Å². The van der Waals surface area contributed by atoms with Crippen molar-refractivity contribution in [3.8, 4) is 5.75 Å². The van der Waals surface area contributed by atoms with Crippen molar-refractivity contribution in [2.24, 2.45) is 0 Å². The van der Waals surface area contributed by atoms with Gasteiger partial charge in [-0.25, -0.2) is 0 Å². The highest BCUT2D eigenvalue weighted by molar-refractivity contribution is 5.90. The molecule has 29 heavy (non-hydrogen) atoms. The third-order valence-corrected chi connectivity index (χ3v) is 3.86. The molecule has 9 nitrogen and oxygen atoms in total. The predicted molar refractivity (Wildman–Crippen MR) is 103 cm³/mol. The Hall–Kier alpha value is -3.72. The molecular formula is C20H20N4O5. The quantitative estimate of drug-likeness (QED) is 0.532. The minimum Gasteiger partial charge on any atom is -0.483 e. The summed E-state index contributed by atoms with van der Waals surface area (Å²) < 4.78 is 10.5. The molecule has 0 aliphatic carbocycles. The smallest absolute Gasteiger partial charge is 0.316 e. The van der Waals surface area contributed by atoms with E-state index in [1.807, 2.05) is 6.07 Å². The van der Waals surface area contributed by atoms with Crippen molar-refractivity contribution < 1.29 is 24.0 Å². The van der Waals surface area contributed by atoms with Crippen LogP contribution in [0.15, 0.2) is 59.1 Å². The lowest BCUT2D eigenvalue weighted by atomic mass is 10.1. The molecule has 0 saturated carbocycles. The number of hydrogen-bond acceptors (Lipinski definition) is 7. The molecular weight excluding hydrogens is 376 g/mol. The van der Waals surface area contributed by atoms with E-state index in [1.54, 1.807) is 48.5 Å². The normalized spacial score (nSPS) is 11.5. The third-order valence-electron chi connectivity index (χ3n) is 3.86. The third kappa shape index (κ3) is 5.63. The lowest BCUT2D eigenvalue weighted by Gasteiger charge is -2.10. The molecule has 1 atom stereocenters. The first kappa shape index (κ1) is 20.0. The van der Waals surface area contributed by atoms with Crippen LogP contribution in [0.1, 0.15) is 35.1 Å². The van der Waals surface area contributed by atoms with Crippen molar-refractivity contribution in [1.29, 1.82) is 0 Å². The maximum Gasteiger partial charge on any atom is 0.316 e. The standard InChI is InChI=1S/C20H20N4O5/c1-13(25)22-15-9-5-6-10-17(15)28-12-18-23-20(29-24-18)19(27)21-11-16(26)14-7-3-2-4-8-14/h2-10,16,26H,11-12H2,1H3,(H,21,27)(H,22,25). The second-order valence-electron chi connectivity index (χ2n) is 6.12. The number of carbonyl (C=O) groups excluding carboxylic acids is 2. The van der Waals surface area contributed by atoms with Crippen LogP contribution in [0.25, 0.3) is 0 Å². The fourth-order valence-electron chi connectivity index (χ4n) is 2.49. The molecule has 0 radical (unpaired) electrons. The highest BCUT2D eigenvalue weighted by Crippen LogP contribution is 2.24. The lowest BCUT2D eigenvalue weighted by Crippen LogP contribution is -2.28. The van der Waals surface area contributed by atoms with Crippen LogP contribution >= 0.6 is 0 Å². The Bertz CT molecular complexity index is 974. The average molecular weight is 396 g/mol. The average Bonchev–Trinajstić information content (AvgIpc) is 3.20. The summed E-state index contributed by atoms with van der Waals surface area (Å²) in [5.74, 6) is -0.463. The predicted octanol–water partition coefficient (Wildman–Crippen LogP) is 2.07. The number of aromatic nitrogens is 2. The maximum absolute atomic E-state index is 12.1. The molecule has 9 heteroatoms. The summed E-state index contributed by atoms with van der Waals surface area (Å²) in [5.41, 5.74) is 1.20. The monoisotopic (exact) mass is 396 g/mol. The molecule has 150 valence electrons. The SMILES string of the molecule is CC(=O)Nc1ccccc1OCc1noc(C(=O)NCC(O)c2ccccc2)n1. The van der Waals surface area contributed by atoms with Gasteiger partial charge in [0.25, 0.3) is 0 Å². The topological polar surface area (TPSA) is 127 Å². The molecule has 1 aromatic heterocycles. The zero-order valence-corrected chi connectivity index (χ0v) is 15.7. The van der Waals surface area contributed by atoms with Gasteiger partial charge in [0, 0.05) is 13.5 Å². The number of rotatable bonds is 8. The van der Waals surface area contributed by atoms with E-state index in [1.165, 1.54) is 6.92 Å². The van der Waals surface area contributed by atoms with Gasteiger partial charge >= 0.3 is 11.8 Å². The van der Waals surface area contributed by atoms with Gasteiger partial charge in [-0.1, -0.05) is 47.6 Å². The van der Waals surface area contributed by atoms with E-state index in [0.717, 1.165) is 0 Å². The zero-order valence-electron chi connectivity index (χ0n) is 15.7. The molecule has 0 bridgehead atoms. The molecule has 0 fully saturated rings. The van der Waals surface area contributed by atoms with E-state index in [4.69, 9.17) is 9.26 Å². The number of benzene rings is 2. The Morgan fingerprint density at radius 3 is 2.62 bits per heavy atom. The number of amides is 2. The maximum atomic E-state index is 12.1. The molecule has 3 N–H and O–H groups in total. The van der Waals surface area contributed by atoms with Crippen molar-refractivity contribution >= 4 is 17.5 Å². The van der Waals surface area contributed by atoms with Crippen LogP contribution in [0.4, 0.5) is 5.69 Å². The van der Waals surface area contributed by atoms with Crippen LogP contribution in [0.5, 0.6) is 5.75 Å². The number of aliphatic hydroxyl groups is 1. The number of aliphatic hydroxyl groups excluding tert-OH is 1. The van der Waals surface area contributed by atoms with E-state index in [0.29, 0.717) is 17.0 Å². The first-order chi connectivity index (χ1) is 14.0. The van der Waals surface area contributed by atoms with Crippen molar-refractivity contribution in [2.75, 3.05) is 11.9 Å². The molecule has 0 aliphatic rings. The highest BCUT2D eigenvalue weighted by Gasteiger charge is 2.17. The van der Waals surface area contributed by atoms with Crippen LogP contribution in [-0.2, 0) is 11.4 Å². The van der Waals surface area contributed by atoms with Crippen LogP contribution in [0.2, 0.25) is 0 Å². The number of hydrogen-bond donors (Lipinski definition) is 3. The molecule has 0 saturated heterocycles. The summed E-state index contributed by atoms with van der Waals surface area (Å²) in [5, 5.41) is 19.0. The van der Waals surface area contributed by atoms with Gasteiger partial charge in [-0.05, 0) is 17.7 Å². The Morgan fingerprint density at radius 1 is 1.14 bits per heavy atom. The van der Waals surface area contributed by atoms with Crippen molar-refractivity contribution in [3.63, 3.8) is 0 Å². The molecule has 3 aromatic rings. The van der Waals surface area contributed by atoms with E-state index < -0.39 is 12.0 Å². The van der Waals surface area contributed by atoms with Gasteiger partial charge in [0.05, 0.1) is 11.8 Å². The lowest BCUT2D eigenvalue weighted by molar-refractivity contribution is -0.114. The largest absolute Gasteiger partial charge is 0.483 e. The van der Waals surface area contributed by atoms with Crippen LogP contribution < -0.4 is 15.4 Å². The van der Waals surface area contributed by atoms with Gasteiger partial charge in [-0.3, -0.25) is 9.59 Å². The second-order valence-corrected chi connectivity index (χ2v) is 6.12. The van der Waals surface area contributed by atoms with Gasteiger partial charge in [-0.15, -0.1) is 0 Å². The van der Waals surface area contributed by atoms with E-state index >= 15 is 0 Å². The Labute approximate surface area is 166 Å². The van der Waals surface area contributed by atoms with Gasteiger partial charge in [-0.2, -0.15) is 4.98 Å². The summed E-state index contributed by atoms with van der Waals surface area (Å²) >= 11 is 0. The first-order valence-electron chi connectivity index (χ1n) is 8.86. The van der Waals surface area contributed by atoms with E-state index in [2.05, 4.69) is 20.8 Å². The summed E-state index contributed by atoms with van der Waals surface area (Å²) in [7, 11) is 0. The van der Waals surface area contributed by atoms with E-state index in [9.17, 15) is 14.7 Å². The fraction of sp³-hybridized carbons (Fsp3) is 0.200. The minimum atomic E-state index is -0.851. The molecule has 1 unspecified atom stereocenters. The fourth-order valence-corrected chi connectivity index (χ4v) is 2.49. The van der Waals surface area contributed by atoms with Gasteiger partial charge in [0.15, 0.2) is 6.61 Å². The summed E-state index contributed by atoms with van der Waals surface area (Å²) in [6.07, 6.45) is -0.851. The Balaban J connectivity index is 1.54. The second kappa shape index (κ2) is 9.47. The number of para-hydroxylation sites is 2. The minimum absolute atomic E-state index is 0.00114. The Morgan fingerprint density at radius 2 is 1.86 bits per heavy atom. The Kier molecular flexibility index (Phi) is 6.54. The number of anilines is 1. The molecule has 1 heterocycles. The van der Waals surface area contributed by atoms with Gasteiger partial charge < -0.3 is 25.0 Å². The zero-order chi connectivity index (χ0) is 20.6. The number of carbonyl (C=O) groups is 2. The van der Waals surface area contributed by atoms with Crippen LogP contribution in [0, 0.1) is 0 Å². The number of ether oxygens (including phenoxy) is 1. The molecule has 3 rings (SSSR count). The highest BCUT2D eigenvalue weighted by atomic mass is 16.5. The van der Waals surface area contributed by atoms with Gasteiger partial charge in [0.1, 0.15) is 5.75 Å². The molecule has 0 spiro atoms. The van der Waals surface area contributed by atoms with Crippen LogP contribution in [-0.4, -0.2) is 33.6 Å². The van der Waals surface area contributed by atoms with Crippen molar-refractivity contribution in [3.05, 3.63) is 71.9 Å². The van der Waals surface area contributed by atoms with Gasteiger partial charge in [0.2, 0.25) is 11.7 Å². The number of nitrogens with one attached hydrogen (secondary N) is 2. The molecule has 0 aliphatic heterocycles. The first-order valence-corrected chi connectivity index (χ1v) is 8.86. The van der Waals surface area contributed by atoms with Crippen molar-refractivity contribution in [2.45, 2.75) is 19.6 Å². The number of nitrogens with zero attached hydrogens (tertiary/aromatic N) is 2. The molecule has 2 amide bonds. The summed E-state index contributed by atoms with van der Waals surface area (Å²) in [4.78, 5) is 27.4.